The fourth-order valence-corrected chi connectivity index (χ4v) is 4.11. The highest BCUT2D eigenvalue weighted by Gasteiger charge is 2.15. The summed E-state index contributed by atoms with van der Waals surface area (Å²) in [6.45, 7) is 4.05. The molecule has 0 aliphatic carbocycles. The molecule has 0 aromatic heterocycles. The van der Waals surface area contributed by atoms with Gasteiger partial charge >= 0.3 is 0 Å². The van der Waals surface area contributed by atoms with Gasteiger partial charge in [-0.1, -0.05) is 12.1 Å². The van der Waals surface area contributed by atoms with Gasteiger partial charge in [-0.3, -0.25) is 0 Å². The zero-order chi connectivity index (χ0) is 24.9. The molecule has 4 aromatic rings. The van der Waals surface area contributed by atoms with Crippen LogP contribution >= 0.6 is 0 Å². The number of hydrogen-bond donors (Lipinski definition) is 0. The average Bonchev–Trinajstić information content (AvgIpc) is 2.89. The Balaban J connectivity index is 1.82. The molecule has 0 atom stereocenters. The molecule has 180 valence electrons. The van der Waals surface area contributed by atoms with Crippen LogP contribution in [0.15, 0.2) is 72.8 Å². The zero-order valence-corrected chi connectivity index (χ0v) is 21.0. The van der Waals surface area contributed by atoms with Gasteiger partial charge in [0.1, 0.15) is 34.5 Å². The van der Waals surface area contributed by atoms with Crippen molar-refractivity contribution in [2.45, 2.75) is 13.8 Å². The maximum atomic E-state index is 6.57. The van der Waals surface area contributed by atoms with E-state index in [-0.39, 0.29) is 0 Å². The molecule has 0 radical (unpaired) electrons. The largest absolute Gasteiger partial charge is 0.497 e. The molecule has 0 N–H and O–H groups in total. The van der Waals surface area contributed by atoms with Gasteiger partial charge in [0.2, 0.25) is 0 Å². The van der Waals surface area contributed by atoms with E-state index in [9.17, 15) is 0 Å². The monoisotopic (exact) mass is 470 g/mol. The van der Waals surface area contributed by atoms with E-state index in [2.05, 4.69) is 12.1 Å². The van der Waals surface area contributed by atoms with Gasteiger partial charge in [0, 0.05) is 11.1 Å². The van der Waals surface area contributed by atoms with E-state index in [1.807, 2.05) is 74.5 Å². The summed E-state index contributed by atoms with van der Waals surface area (Å²) in [5.74, 6) is 4.61. The van der Waals surface area contributed by atoms with Crippen molar-refractivity contribution in [2.24, 2.45) is 0 Å². The number of aryl methyl sites for hydroxylation is 2. The molecular weight excluding hydrogens is 440 g/mol. The molecular formula is C30H30O5. The molecule has 0 aliphatic rings. The van der Waals surface area contributed by atoms with Crippen molar-refractivity contribution in [1.82, 2.24) is 0 Å². The Hall–Kier alpha value is -4.12. The topological polar surface area (TPSA) is 46.2 Å². The van der Waals surface area contributed by atoms with E-state index in [1.165, 1.54) is 0 Å². The van der Waals surface area contributed by atoms with Crippen LogP contribution in [0, 0.1) is 13.8 Å². The first-order chi connectivity index (χ1) is 17.0. The van der Waals surface area contributed by atoms with Gasteiger partial charge in [-0.05, 0) is 96.8 Å². The molecule has 4 aromatic carbocycles. The van der Waals surface area contributed by atoms with Crippen LogP contribution in [0.4, 0.5) is 0 Å². The highest BCUT2D eigenvalue weighted by molar-refractivity contribution is 5.77. The third-order valence-corrected chi connectivity index (χ3v) is 6.01. The second kappa shape index (κ2) is 10.4. The Kier molecular flexibility index (Phi) is 7.16. The van der Waals surface area contributed by atoms with Gasteiger partial charge in [0.05, 0.1) is 28.4 Å². The lowest BCUT2D eigenvalue weighted by molar-refractivity contribution is 0.411. The van der Waals surface area contributed by atoms with Gasteiger partial charge in [-0.15, -0.1) is 0 Å². The van der Waals surface area contributed by atoms with Crippen molar-refractivity contribution in [3.63, 3.8) is 0 Å². The van der Waals surface area contributed by atoms with E-state index in [0.29, 0.717) is 11.5 Å². The zero-order valence-electron chi connectivity index (χ0n) is 21.0. The molecule has 0 unspecified atom stereocenters. The lowest BCUT2D eigenvalue weighted by atomic mass is 10.0. The predicted octanol–water partition coefficient (Wildman–Crippen LogP) is 7.46. The van der Waals surface area contributed by atoms with Gasteiger partial charge in [-0.25, -0.2) is 0 Å². The molecule has 0 fully saturated rings. The van der Waals surface area contributed by atoms with E-state index in [0.717, 1.165) is 56.4 Å². The van der Waals surface area contributed by atoms with E-state index >= 15 is 0 Å². The van der Waals surface area contributed by atoms with Gasteiger partial charge < -0.3 is 23.7 Å². The fraction of sp³-hybridized carbons (Fsp3) is 0.200. The normalized spacial score (nSPS) is 10.6. The maximum absolute atomic E-state index is 6.57. The van der Waals surface area contributed by atoms with Crippen LogP contribution in [0.5, 0.6) is 34.5 Å². The van der Waals surface area contributed by atoms with Crippen molar-refractivity contribution < 1.29 is 23.7 Å². The summed E-state index contributed by atoms with van der Waals surface area (Å²) in [5.41, 5.74) is 5.93. The molecule has 5 nitrogen and oxygen atoms in total. The Bertz CT molecular complexity index is 1240. The Morgan fingerprint density at radius 3 is 1.17 bits per heavy atom. The second-order valence-electron chi connectivity index (χ2n) is 8.20. The predicted molar refractivity (Wildman–Crippen MR) is 140 cm³/mol. The van der Waals surface area contributed by atoms with Crippen molar-refractivity contribution >= 4 is 0 Å². The number of ether oxygens (including phenoxy) is 5. The number of benzene rings is 4. The van der Waals surface area contributed by atoms with E-state index < -0.39 is 0 Å². The van der Waals surface area contributed by atoms with Crippen LogP contribution in [0.3, 0.4) is 0 Å². The molecule has 0 spiro atoms. The number of methoxy groups -OCH3 is 4. The number of rotatable bonds is 8. The van der Waals surface area contributed by atoms with Crippen LogP contribution < -0.4 is 23.7 Å². The van der Waals surface area contributed by atoms with E-state index in [1.54, 1.807) is 28.4 Å². The molecule has 0 bridgehead atoms. The van der Waals surface area contributed by atoms with E-state index in [4.69, 9.17) is 23.7 Å². The summed E-state index contributed by atoms with van der Waals surface area (Å²) < 4.78 is 28.5. The van der Waals surface area contributed by atoms with Crippen molar-refractivity contribution in [1.29, 1.82) is 0 Å². The smallest absolute Gasteiger partial charge is 0.135 e. The van der Waals surface area contributed by atoms with Crippen LogP contribution in [-0.2, 0) is 0 Å². The second-order valence-corrected chi connectivity index (χ2v) is 8.20. The van der Waals surface area contributed by atoms with Gasteiger partial charge in [0.25, 0.3) is 0 Å². The Labute approximate surface area is 206 Å². The van der Waals surface area contributed by atoms with Crippen LogP contribution in [-0.4, -0.2) is 28.4 Å². The Morgan fingerprint density at radius 2 is 0.829 bits per heavy atom. The van der Waals surface area contributed by atoms with Crippen molar-refractivity contribution in [3.8, 4) is 56.8 Å². The summed E-state index contributed by atoms with van der Waals surface area (Å²) in [4.78, 5) is 0. The minimum absolute atomic E-state index is 0.715. The molecule has 0 heterocycles. The molecule has 5 heteroatoms. The highest BCUT2D eigenvalue weighted by Crippen LogP contribution is 2.42. The third kappa shape index (κ3) is 5.04. The van der Waals surface area contributed by atoms with Crippen LogP contribution in [0.1, 0.15) is 11.1 Å². The van der Waals surface area contributed by atoms with Gasteiger partial charge in [0.15, 0.2) is 0 Å². The summed E-state index contributed by atoms with van der Waals surface area (Å²) >= 11 is 0. The highest BCUT2D eigenvalue weighted by atomic mass is 16.5. The molecule has 35 heavy (non-hydrogen) atoms. The molecule has 0 aliphatic heterocycles. The summed E-state index contributed by atoms with van der Waals surface area (Å²) in [6, 6.07) is 23.8. The molecule has 4 rings (SSSR count). The number of hydrogen-bond acceptors (Lipinski definition) is 5. The molecule has 0 saturated carbocycles. The standard InChI is InChI=1S/C30H30O5/c1-19-15-21(7-11-27(19)33-5)25-17-23(31-3)9-13-29(25)35-30-14-10-24(32-4)18-26(30)22-8-12-28(34-6)20(2)16-22/h7-18H,1-6H3. The SMILES string of the molecule is COc1ccc(Oc2ccc(OC)cc2-c2ccc(OC)c(C)c2)c(-c2ccc(OC)c(C)c2)c1. The quantitative estimate of drug-likeness (QED) is 0.267. The maximum Gasteiger partial charge on any atom is 0.135 e. The van der Waals surface area contributed by atoms with Crippen LogP contribution in [0.25, 0.3) is 22.3 Å². The lowest BCUT2D eigenvalue weighted by Gasteiger charge is -2.18. The van der Waals surface area contributed by atoms with Crippen LogP contribution in [0.2, 0.25) is 0 Å². The summed E-state index contributed by atoms with van der Waals surface area (Å²) in [5, 5.41) is 0. The first-order valence-electron chi connectivity index (χ1n) is 11.3. The molecule has 0 amide bonds. The third-order valence-electron chi connectivity index (χ3n) is 6.01. The average molecular weight is 471 g/mol. The Morgan fingerprint density at radius 1 is 0.429 bits per heavy atom. The van der Waals surface area contributed by atoms with Crippen molar-refractivity contribution in [2.75, 3.05) is 28.4 Å². The summed E-state index contributed by atoms with van der Waals surface area (Å²) in [6.07, 6.45) is 0. The first-order valence-corrected chi connectivity index (χ1v) is 11.3. The minimum atomic E-state index is 0.715. The molecule has 0 saturated heterocycles. The van der Waals surface area contributed by atoms with Crippen molar-refractivity contribution in [3.05, 3.63) is 83.9 Å². The minimum Gasteiger partial charge on any atom is -0.497 e. The fourth-order valence-electron chi connectivity index (χ4n) is 4.11. The summed E-state index contributed by atoms with van der Waals surface area (Å²) in [7, 11) is 6.67. The van der Waals surface area contributed by atoms with Gasteiger partial charge in [-0.2, -0.15) is 0 Å². The first kappa shape index (κ1) is 24.0. The lowest BCUT2D eigenvalue weighted by Crippen LogP contribution is -1.95.